The third-order valence-electron chi connectivity index (χ3n) is 3.02. The maximum Gasteiger partial charge on any atom is 0.229 e. The van der Waals surface area contributed by atoms with Gasteiger partial charge in [-0.15, -0.1) is 0 Å². The maximum atomic E-state index is 12.2. The van der Waals surface area contributed by atoms with Crippen LogP contribution in [0.3, 0.4) is 0 Å². The molecule has 0 unspecified atom stereocenters. The van der Waals surface area contributed by atoms with E-state index in [1.165, 1.54) is 7.11 Å². The van der Waals surface area contributed by atoms with Crippen molar-refractivity contribution < 1.29 is 13.9 Å². The topological polar surface area (TPSA) is 39.4 Å². The van der Waals surface area contributed by atoms with E-state index in [4.69, 9.17) is 9.15 Å². The SMILES string of the molecule is COC(C)(C)C(=O)c1cc2cccc(C)c2o1. The lowest BCUT2D eigenvalue weighted by atomic mass is 10.0. The normalized spacial score (nSPS) is 12.0. The van der Waals surface area contributed by atoms with Gasteiger partial charge in [0.25, 0.3) is 0 Å². The smallest absolute Gasteiger partial charge is 0.229 e. The molecule has 1 heterocycles. The molecule has 0 radical (unpaired) electrons. The van der Waals surface area contributed by atoms with E-state index in [2.05, 4.69) is 0 Å². The average molecular weight is 232 g/mol. The molecule has 0 atom stereocenters. The zero-order valence-electron chi connectivity index (χ0n) is 10.5. The lowest BCUT2D eigenvalue weighted by Crippen LogP contribution is -2.33. The molecule has 0 N–H and O–H groups in total. The standard InChI is InChI=1S/C14H16O3/c1-9-6-5-7-10-8-11(17-12(9)10)13(15)14(2,3)16-4/h5-8H,1-4H3. The van der Waals surface area contributed by atoms with Crippen molar-refractivity contribution in [2.75, 3.05) is 7.11 Å². The van der Waals surface area contributed by atoms with Crippen molar-refractivity contribution in [3.63, 3.8) is 0 Å². The molecule has 0 aliphatic rings. The van der Waals surface area contributed by atoms with Crippen molar-refractivity contribution in [3.05, 3.63) is 35.6 Å². The second kappa shape index (κ2) is 4.00. The molecule has 90 valence electrons. The maximum absolute atomic E-state index is 12.2. The fourth-order valence-corrected chi connectivity index (χ4v) is 1.71. The van der Waals surface area contributed by atoms with Gasteiger partial charge in [-0.1, -0.05) is 18.2 Å². The molecule has 0 saturated heterocycles. The number of methoxy groups -OCH3 is 1. The molecule has 0 aliphatic heterocycles. The molecule has 1 aromatic carbocycles. The molecule has 0 spiro atoms. The zero-order chi connectivity index (χ0) is 12.6. The molecule has 0 bridgehead atoms. The number of carbonyl (C=O) groups is 1. The minimum atomic E-state index is -0.859. The summed E-state index contributed by atoms with van der Waals surface area (Å²) < 4.78 is 10.8. The Labute approximate surface area is 100 Å². The molecule has 2 aromatic rings. The summed E-state index contributed by atoms with van der Waals surface area (Å²) in [5.74, 6) is 0.205. The van der Waals surface area contributed by atoms with Crippen molar-refractivity contribution in [1.82, 2.24) is 0 Å². The van der Waals surface area contributed by atoms with Crippen LogP contribution >= 0.6 is 0 Å². The summed E-state index contributed by atoms with van der Waals surface area (Å²) in [6.45, 7) is 5.42. The highest BCUT2D eigenvalue weighted by molar-refractivity contribution is 6.02. The molecule has 0 fully saturated rings. The number of para-hydroxylation sites is 1. The molecule has 1 aromatic heterocycles. The molecule has 0 saturated carbocycles. The molecule has 17 heavy (non-hydrogen) atoms. The predicted octanol–water partition coefficient (Wildman–Crippen LogP) is 3.35. The van der Waals surface area contributed by atoms with Crippen molar-refractivity contribution in [2.45, 2.75) is 26.4 Å². The number of ether oxygens (including phenoxy) is 1. The van der Waals surface area contributed by atoms with E-state index in [1.54, 1.807) is 19.9 Å². The highest BCUT2D eigenvalue weighted by Crippen LogP contribution is 2.25. The first-order chi connectivity index (χ1) is 7.95. The number of Topliss-reactive ketones (excluding diaryl/α,β-unsaturated/α-hetero) is 1. The van der Waals surface area contributed by atoms with E-state index in [0.717, 1.165) is 16.5 Å². The molecule has 0 amide bonds. The average Bonchev–Trinajstić information content (AvgIpc) is 2.73. The number of rotatable bonds is 3. The number of fused-ring (bicyclic) bond motifs is 1. The molecular weight excluding hydrogens is 216 g/mol. The Balaban J connectivity index is 2.51. The highest BCUT2D eigenvalue weighted by Gasteiger charge is 2.31. The predicted molar refractivity (Wildman–Crippen MR) is 66.4 cm³/mol. The van der Waals surface area contributed by atoms with E-state index in [1.807, 2.05) is 25.1 Å². The van der Waals surface area contributed by atoms with Crippen LogP contribution in [0, 0.1) is 6.92 Å². The van der Waals surface area contributed by atoms with E-state index in [0.29, 0.717) is 5.76 Å². The highest BCUT2D eigenvalue weighted by atomic mass is 16.5. The fourth-order valence-electron chi connectivity index (χ4n) is 1.71. The number of hydrogen-bond donors (Lipinski definition) is 0. The first-order valence-corrected chi connectivity index (χ1v) is 5.55. The fraction of sp³-hybridized carbons (Fsp3) is 0.357. The molecule has 2 rings (SSSR count). The quantitative estimate of drug-likeness (QED) is 0.762. The molecule has 3 nitrogen and oxygen atoms in total. The van der Waals surface area contributed by atoms with Crippen molar-refractivity contribution in [1.29, 1.82) is 0 Å². The zero-order valence-corrected chi connectivity index (χ0v) is 10.5. The summed E-state index contributed by atoms with van der Waals surface area (Å²) in [6, 6.07) is 7.61. The van der Waals surface area contributed by atoms with E-state index >= 15 is 0 Å². The number of hydrogen-bond acceptors (Lipinski definition) is 3. The van der Waals surface area contributed by atoms with E-state index in [-0.39, 0.29) is 5.78 Å². The summed E-state index contributed by atoms with van der Waals surface area (Å²) in [5.41, 5.74) is 0.932. The van der Waals surface area contributed by atoms with E-state index < -0.39 is 5.60 Å². The van der Waals surface area contributed by atoms with Crippen LogP contribution in [0.4, 0.5) is 0 Å². The van der Waals surface area contributed by atoms with Gasteiger partial charge in [-0.25, -0.2) is 0 Å². The van der Waals surface area contributed by atoms with Crippen LogP contribution in [-0.4, -0.2) is 18.5 Å². The van der Waals surface area contributed by atoms with Gasteiger partial charge in [-0.2, -0.15) is 0 Å². The lowest BCUT2D eigenvalue weighted by molar-refractivity contribution is 0.0206. The van der Waals surface area contributed by atoms with Gasteiger partial charge >= 0.3 is 0 Å². The van der Waals surface area contributed by atoms with Crippen molar-refractivity contribution >= 4 is 16.8 Å². The monoisotopic (exact) mass is 232 g/mol. The van der Waals surface area contributed by atoms with Crippen LogP contribution in [0.15, 0.2) is 28.7 Å². The summed E-state index contributed by atoms with van der Waals surface area (Å²) in [4.78, 5) is 12.2. The van der Waals surface area contributed by atoms with Crippen LogP contribution in [0.5, 0.6) is 0 Å². The van der Waals surface area contributed by atoms with Gasteiger partial charge in [0.05, 0.1) is 0 Å². The largest absolute Gasteiger partial charge is 0.453 e. The number of ketones is 1. The third-order valence-corrected chi connectivity index (χ3v) is 3.02. The number of carbonyl (C=O) groups excluding carboxylic acids is 1. The van der Waals surface area contributed by atoms with Gasteiger partial charge in [0.1, 0.15) is 11.2 Å². The number of benzene rings is 1. The van der Waals surface area contributed by atoms with Gasteiger partial charge in [0.15, 0.2) is 5.76 Å². The van der Waals surface area contributed by atoms with Gasteiger partial charge < -0.3 is 9.15 Å². The second-order valence-corrected chi connectivity index (χ2v) is 4.65. The summed E-state index contributed by atoms with van der Waals surface area (Å²) in [7, 11) is 1.52. The van der Waals surface area contributed by atoms with Gasteiger partial charge in [0, 0.05) is 12.5 Å². The molecule has 0 aliphatic carbocycles. The van der Waals surface area contributed by atoms with E-state index in [9.17, 15) is 4.79 Å². The Morgan fingerprint density at radius 3 is 2.65 bits per heavy atom. The lowest BCUT2D eigenvalue weighted by Gasteiger charge is -2.19. The second-order valence-electron chi connectivity index (χ2n) is 4.65. The summed E-state index contributed by atoms with van der Waals surface area (Å²) >= 11 is 0. The molecule has 3 heteroatoms. The van der Waals surface area contributed by atoms with Crippen LogP contribution in [0.2, 0.25) is 0 Å². The van der Waals surface area contributed by atoms with Crippen molar-refractivity contribution in [3.8, 4) is 0 Å². The number of aryl methyl sites for hydroxylation is 1. The minimum absolute atomic E-state index is 0.143. The first-order valence-electron chi connectivity index (χ1n) is 5.55. The van der Waals surface area contributed by atoms with Crippen LogP contribution < -0.4 is 0 Å². The van der Waals surface area contributed by atoms with Crippen LogP contribution in [0.1, 0.15) is 30.0 Å². The minimum Gasteiger partial charge on any atom is -0.453 e. The van der Waals surface area contributed by atoms with Gasteiger partial charge in [-0.3, -0.25) is 4.79 Å². The first kappa shape index (κ1) is 11.9. The van der Waals surface area contributed by atoms with Crippen LogP contribution in [-0.2, 0) is 4.74 Å². The Morgan fingerprint density at radius 1 is 1.35 bits per heavy atom. The summed E-state index contributed by atoms with van der Waals surface area (Å²) in [5, 5.41) is 0.945. The van der Waals surface area contributed by atoms with Gasteiger partial charge in [0.2, 0.25) is 5.78 Å². The summed E-state index contributed by atoms with van der Waals surface area (Å²) in [6.07, 6.45) is 0. The third kappa shape index (κ3) is 1.98. The Kier molecular flexibility index (Phi) is 2.79. The number of furan rings is 1. The Bertz CT molecular complexity index is 564. The van der Waals surface area contributed by atoms with Crippen molar-refractivity contribution in [2.24, 2.45) is 0 Å². The van der Waals surface area contributed by atoms with Gasteiger partial charge in [-0.05, 0) is 32.4 Å². The Morgan fingerprint density at radius 2 is 2.06 bits per heavy atom. The van der Waals surface area contributed by atoms with Crippen LogP contribution in [0.25, 0.3) is 11.0 Å². The molecular formula is C14H16O3. The Hall–Kier alpha value is -1.61.